The third kappa shape index (κ3) is 1.46. The fraction of sp³-hybridized carbons (Fsp3) is 0. The number of carbonyl (C=O) groups is 1. The molecule has 0 radical (unpaired) electrons. The van der Waals surface area contributed by atoms with E-state index in [0.29, 0.717) is 5.52 Å². The third-order valence-corrected chi connectivity index (χ3v) is 2.26. The molecule has 0 spiro atoms. The fourth-order valence-corrected chi connectivity index (χ4v) is 1.54. The van der Waals surface area contributed by atoms with Gasteiger partial charge in [-0.3, -0.25) is 9.89 Å². The van der Waals surface area contributed by atoms with E-state index < -0.39 is 17.1 Å². The average molecular weight is 225 g/mol. The Bertz CT molecular complexity index is 606. The molecule has 0 bridgehead atoms. The van der Waals surface area contributed by atoms with E-state index in [9.17, 15) is 9.59 Å². The zero-order chi connectivity index (χ0) is 11.0. The van der Waals surface area contributed by atoms with Crippen LogP contribution in [0.25, 0.3) is 10.9 Å². The second-order valence-electron chi connectivity index (χ2n) is 2.87. The number of nitrogens with one attached hydrogen (secondary N) is 1. The van der Waals surface area contributed by atoms with Gasteiger partial charge < -0.3 is 5.11 Å². The number of hydrogen-bond acceptors (Lipinski definition) is 3. The highest BCUT2D eigenvalue weighted by molar-refractivity contribution is 6.35. The van der Waals surface area contributed by atoms with E-state index in [2.05, 4.69) is 10.2 Å². The molecule has 0 fully saturated rings. The van der Waals surface area contributed by atoms with Crippen molar-refractivity contribution in [3.63, 3.8) is 0 Å². The van der Waals surface area contributed by atoms with Crippen LogP contribution in [0.3, 0.4) is 0 Å². The lowest BCUT2D eigenvalue weighted by molar-refractivity contribution is 0.0688. The predicted octanol–water partition coefficient (Wildman–Crippen LogP) is 1.27. The lowest BCUT2D eigenvalue weighted by atomic mass is 10.2. The minimum absolute atomic E-state index is 0.145. The maximum absolute atomic E-state index is 11.6. The van der Waals surface area contributed by atoms with E-state index in [1.807, 2.05) is 0 Å². The van der Waals surface area contributed by atoms with Gasteiger partial charge >= 0.3 is 5.97 Å². The molecular formula is C9H5ClN2O3. The van der Waals surface area contributed by atoms with Crippen molar-refractivity contribution in [3.8, 4) is 0 Å². The Labute approximate surface area is 88.3 Å². The first-order valence-corrected chi connectivity index (χ1v) is 4.39. The van der Waals surface area contributed by atoms with Crippen molar-refractivity contribution in [2.75, 3.05) is 0 Å². The molecule has 1 aromatic heterocycles. The summed E-state index contributed by atoms with van der Waals surface area (Å²) < 4.78 is 0. The first-order chi connectivity index (χ1) is 7.11. The van der Waals surface area contributed by atoms with Crippen LogP contribution in [0.5, 0.6) is 0 Å². The number of carboxylic acid groups (broad SMARTS) is 1. The molecule has 0 aliphatic carbocycles. The van der Waals surface area contributed by atoms with E-state index in [1.165, 1.54) is 6.07 Å². The van der Waals surface area contributed by atoms with Gasteiger partial charge in [0.2, 0.25) is 11.1 Å². The van der Waals surface area contributed by atoms with Gasteiger partial charge in [0.25, 0.3) is 0 Å². The van der Waals surface area contributed by atoms with Crippen molar-refractivity contribution in [1.82, 2.24) is 10.2 Å². The normalized spacial score (nSPS) is 10.5. The highest BCUT2D eigenvalue weighted by Gasteiger charge is 2.14. The van der Waals surface area contributed by atoms with Gasteiger partial charge in [-0.05, 0) is 12.1 Å². The van der Waals surface area contributed by atoms with Crippen LogP contribution in [0.2, 0.25) is 5.02 Å². The predicted molar refractivity (Wildman–Crippen MR) is 54.3 cm³/mol. The highest BCUT2D eigenvalue weighted by atomic mass is 35.5. The Balaban J connectivity index is 2.96. The van der Waals surface area contributed by atoms with E-state index in [4.69, 9.17) is 16.7 Å². The Kier molecular flexibility index (Phi) is 2.17. The summed E-state index contributed by atoms with van der Waals surface area (Å²) in [5, 5.41) is 15.0. The number of hydrogen-bond donors (Lipinski definition) is 2. The van der Waals surface area contributed by atoms with Crippen LogP contribution in [-0.2, 0) is 0 Å². The van der Waals surface area contributed by atoms with Crippen molar-refractivity contribution in [1.29, 1.82) is 0 Å². The number of benzene rings is 1. The van der Waals surface area contributed by atoms with Gasteiger partial charge in [-0.1, -0.05) is 17.7 Å². The summed E-state index contributed by atoms with van der Waals surface area (Å²) in [6, 6.07) is 4.76. The van der Waals surface area contributed by atoms with E-state index in [-0.39, 0.29) is 10.4 Å². The van der Waals surface area contributed by atoms with Crippen molar-refractivity contribution < 1.29 is 9.90 Å². The van der Waals surface area contributed by atoms with Crippen molar-refractivity contribution in [2.24, 2.45) is 0 Å². The Morgan fingerprint density at radius 3 is 2.87 bits per heavy atom. The van der Waals surface area contributed by atoms with Gasteiger partial charge in [0.15, 0.2) is 0 Å². The van der Waals surface area contributed by atoms with Gasteiger partial charge in [0, 0.05) is 0 Å². The largest absolute Gasteiger partial charge is 0.476 e. The van der Waals surface area contributed by atoms with Crippen LogP contribution >= 0.6 is 11.6 Å². The number of halogens is 1. The Morgan fingerprint density at radius 1 is 1.47 bits per heavy atom. The Morgan fingerprint density at radius 2 is 2.20 bits per heavy atom. The third-order valence-electron chi connectivity index (χ3n) is 1.95. The molecule has 0 saturated heterocycles. The topological polar surface area (TPSA) is 83.0 Å². The number of aromatic amines is 1. The molecular weight excluding hydrogens is 220 g/mol. The summed E-state index contributed by atoms with van der Waals surface area (Å²) in [6.07, 6.45) is 0. The van der Waals surface area contributed by atoms with Crippen molar-refractivity contribution in [3.05, 3.63) is 39.1 Å². The molecule has 1 aromatic carbocycles. The van der Waals surface area contributed by atoms with Gasteiger partial charge in [-0.2, -0.15) is 5.10 Å². The first kappa shape index (κ1) is 9.67. The van der Waals surface area contributed by atoms with Crippen LogP contribution in [-0.4, -0.2) is 21.3 Å². The smallest absolute Gasteiger partial charge is 0.360 e. The number of fused-ring (bicyclic) bond motifs is 1. The van der Waals surface area contributed by atoms with E-state index >= 15 is 0 Å². The number of aromatic carboxylic acids is 1. The SMILES string of the molecule is O=C(O)c1n[nH]c2cccc(Cl)c2c1=O. The van der Waals surface area contributed by atoms with Crippen LogP contribution < -0.4 is 5.43 Å². The van der Waals surface area contributed by atoms with Gasteiger partial charge in [-0.25, -0.2) is 4.79 Å². The summed E-state index contributed by atoms with van der Waals surface area (Å²) in [5.74, 6) is -1.38. The molecule has 0 unspecified atom stereocenters. The number of aromatic nitrogens is 2. The number of H-pyrrole nitrogens is 1. The van der Waals surface area contributed by atoms with Crippen LogP contribution in [0.1, 0.15) is 10.5 Å². The maximum atomic E-state index is 11.6. The van der Waals surface area contributed by atoms with Crippen LogP contribution in [0.4, 0.5) is 0 Å². The summed E-state index contributed by atoms with van der Waals surface area (Å²) in [5.41, 5.74) is -0.824. The molecule has 1 heterocycles. The highest BCUT2D eigenvalue weighted by Crippen LogP contribution is 2.17. The zero-order valence-corrected chi connectivity index (χ0v) is 8.08. The van der Waals surface area contributed by atoms with E-state index in [1.54, 1.807) is 12.1 Å². The molecule has 15 heavy (non-hydrogen) atoms. The van der Waals surface area contributed by atoms with Gasteiger partial charge in [-0.15, -0.1) is 0 Å². The number of nitrogens with zero attached hydrogens (tertiary/aromatic N) is 1. The monoisotopic (exact) mass is 224 g/mol. The second kappa shape index (κ2) is 3.36. The summed E-state index contributed by atoms with van der Waals surface area (Å²) in [7, 11) is 0. The van der Waals surface area contributed by atoms with Crippen molar-refractivity contribution in [2.45, 2.75) is 0 Å². The molecule has 0 aliphatic heterocycles. The summed E-state index contributed by atoms with van der Waals surface area (Å²) in [6.45, 7) is 0. The molecule has 5 nitrogen and oxygen atoms in total. The number of rotatable bonds is 1. The molecule has 6 heteroatoms. The molecule has 0 aliphatic rings. The van der Waals surface area contributed by atoms with Crippen LogP contribution in [0.15, 0.2) is 23.0 Å². The molecule has 0 atom stereocenters. The second-order valence-corrected chi connectivity index (χ2v) is 3.28. The quantitative estimate of drug-likeness (QED) is 0.764. The minimum atomic E-state index is -1.38. The maximum Gasteiger partial charge on any atom is 0.360 e. The molecule has 0 saturated carbocycles. The summed E-state index contributed by atoms with van der Waals surface area (Å²) >= 11 is 5.80. The molecule has 76 valence electrons. The standard InChI is InChI=1S/C9H5ClN2O3/c10-4-2-1-3-5-6(4)8(13)7(9(14)15)12-11-5/h1-3H,(H,11,13)(H,14,15). The zero-order valence-electron chi connectivity index (χ0n) is 7.32. The van der Waals surface area contributed by atoms with Crippen LogP contribution in [0, 0.1) is 0 Å². The lowest BCUT2D eigenvalue weighted by Crippen LogP contribution is -2.18. The van der Waals surface area contributed by atoms with E-state index in [0.717, 1.165) is 0 Å². The average Bonchev–Trinajstić information content (AvgIpc) is 2.17. The van der Waals surface area contributed by atoms with Gasteiger partial charge in [0.1, 0.15) is 0 Å². The van der Waals surface area contributed by atoms with Gasteiger partial charge in [0.05, 0.1) is 15.9 Å². The molecule has 2 aromatic rings. The molecule has 2 rings (SSSR count). The first-order valence-electron chi connectivity index (χ1n) is 4.01. The fourth-order valence-electron chi connectivity index (χ4n) is 1.28. The minimum Gasteiger partial charge on any atom is -0.476 e. The number of carboxylic acids is 1. The molecule has 0 amide bonds. The summed E-state index contributed by atoms with van der Waals surface area (Å²) in [4.78, 5) is 22.3. The van der Waals surface area contributed by atoms with Crippen molar-refractivity contribution >= 4 is 28.5 Å². The molecule has 2 N–H and O–H groups in total. The Hall–Kier alpha value is -1.88. The lowest BCUT2D eigenvalue weighted by Gasteiger charge is -1.99.